The van der Waals surface area contributed by atoms with Crippen LogP contribution in [-0.4, -0.2) is 20.5 Å². The van der Waals surface area contributed by atoms with Gasteiger partial charge in [0.1, 0.15) is 11.3 Å². The van der Waals surface area contributed by atoms with E-state index in [-0.39, 0.29) is 5.69 Å². The Morgan fingerprint density at radius 3 is 2.60 bits per heavy atom. The fourth-order valence-electron chi connectivity index (χ4n) is 2.22. The lowest BCUT2D eigenvalue weighted by molar-refractivity contribution is 0.0693. The summed E-state index contributed by atoms with van der Waals surface area (Å²) in [4.78, 5) is 15.6. The summed E-state index contributed by atoms with van der Waals surface area (Å²) in [6.45, 7) is 1.99. The molecule has 1 aromatic carbocycles. The second kappa shape index (κ2) is 4.38. The monoisotopic (exact) mass is 267 g/mol. The number of nitrogens with two attached hydrogens (primary N) is 1. The van der Waals surface area contributed by atoms with Crippen molar-refractivity contribution in [3.63, 3.8) is 0 Å². The van der Waals surface area contributed by atoms with Gasteiger partial charge in [-0.1, -0.05) is 29.8 Å². The molecule has 2 aromatic heterocycles. The predicted octanol–water partition coefficient (Wildman–Crippen LogP) is 2.59. The van der Waals surface area contributed by atoms with Gasteiger partial charge >= 0.3 is 5.97 Å². The van der Waals surface area contributed by atoms with Crippen LogP contribution in [0.25, 0.3) is 16.9 Å². The van der Waals surface area contributed by atoms with Crippen LogP contribution in [0.1, 0.15) is 16.1 Å². The van der Waals surface area contributed by atoms with Crippen LogP contribution in [0.4, 0.5) is 5.69 Å². The summed E-state index contributed by atoms with van der Waals surface area (Å²) in [6.07, 6.45) is 1.76. The molecular weight excluding hydrogens is 254 g/mol. The first-order valence-corrected chi connectivity index (χ1v) is 6.15. The van der Waals surface area contributed by atoms with Gasteiger partial charge in [-0.15, -0.1) is 0 Å². The molecule has 0 unspecified atom stereocenters. The number of anilines is 1. The third-order valence-corrected chi connectivity index (χ3v) is 3.21. The van der Waals surface area contributed by atoms with E-state index in [1.807, 2.05) is 31.2 Å². The Hall–Kier alpha value is -2.82. The largest absolute Gasteiger partial charge is 0.476 e. The summed E-state index contributed by atoms with van der Waals surface area (Å²) >= 11 is 0. The van der Waals surface area contributed by atoms with Crippen molar-refractivity contribution in [1.29, 1.82) is 0 Å². The van der Waals surface area contributed by atoms with E-state index in [4.69, 9.17) is 5.73 Å². The number of imidazole rings is 1. The summed E-state index contributed by atoms with van der Waals surface area (Å²) in [5.74, 6) is -0.511. The highest BCUT2D eigenvalue weighted by Gasteiger charge is 2.19. The van der Waals surface area contributed by atoms with Gasteiger partial charge in [-0.25, -0.2) is 9.78 Å². The molecule has 5 heteroatoms. The van der Waals surface area contributed by atoms with Crippen LogP contribution in [0, 0.1) is 6.92 Å². The lowest BCUT2D eigenvalue weighted by Gasteiger charge is -2.03. The van der Waals surface area contributed by atoms with Gasteiger partial charge in [0, 0.05) is 11.8 Å². The summed E-state index contributed by atoms with van der Waals surface area (Å²) < 4.78 is 1.71. The molecule has 0 aliphatic carbocycles. The van der Waals surface area contributed by atoms with Gasteiger partial charge in [-0.2, -0.15) is 0 Å². The highest BCUT2D eigenvalue weighted by molar-refractivity contribution is 5.98. The molecule has 100 valence electrons. The van der Waals surface area contributed by atoms with E-state index in [1.54, 1.807) is 22.7 Å². The zero-order valence-electron chi connectivity index (χ0n) is 10.9. The van der Waals surface area contributed by atoms with Gasteiger partial charge in [0.2, 0.25) is 0 Å². The Bertz CT molecular complexity index is 804. The first-order valence-electron chi connectivity index (χ1n) is 6.15. The molecule has 0 saturated carbocycles. The predicted molar refractivity (Wildman–Crippen MR) is 76.7 cm³/mol. The van der Waals surface area contributed by atoms with Crippen molar-refractivity contribution in [2.45, 2.75) is 6.92 Å². The van der Waals surface area contributed by atoms with Gasteiger partial charge in [-0.05, 0) is 19.1 Å². The summed E-state index contributed by atoms with van der Waals surface area (Å²) in [7, 11) is 0. The average molecular weight is 267 g/mol. The molecule has 0 amide bonds. The fourth-order valence-corrected chi connectivity index (χ4v) is 2.22. The smallest absolute Gasteiger partial charge is 0.356 e. The van der Waals surface area contributed by atoms with Crippen molar-refractivity contribution in [2.24, 2.45) is 0 Å². The molecule has 0 bridgehead atoms. The Kier molecular flexibility index (Phi) is 2.68. The standard InChI is InChI=1S/C15H13N3O2/c1-9-4-6-10(7-5-9)14-17-12(15(19)20)13-11(16)3-2-8-18(13)14/h2-8H,16H2,1H3,(H,19,20). The molecular formula is C15H13N3O2. The Morgan fingerprint density at radius 2 is 1.95 bits per heavy atom. The number of nitrogen functional groups attached to an aromatic ring is 1. The van der Waals surface area contributed by atoms with E-state index >= 15 is 0 Å². The number of aromatic nitrogens is 2. The SMILES string of the molecule is Cc1ccc(-c2nc(C(=O)O)c3c(N)cccn23)cc1. The first kappa shape index (κ1) is 12.2. The number of aromatic carboxylic acids is 1. The van der Waals surface area contributed by atoms with Crippen LogP contribution in [0.15, 0.2) is 42.6 Å². The lowest BCUT2D eigenvalue weighted by atomic mass is 10.1. The van der Waals surface area contributed by atoms with Crippen LogP contribution in [0.3, 0.4) is 0 Å². The molecule has 3 aromatic rings. The molecule has 3 N–H and O–H groups in total. The second-order valence-corrected chi connectivity index (χ2v) is 4.64. The quantitative estimate of drug-likeness (QED) is 0.747. The van der Waals surface area contributed by atoms with Gasteiger partial charge in [-0.3, -0.25) is 4.40 Å². The third-order valence-electron chi connectivity index (χ3n) is 3.21. The maximum atomic E-state index is 11.3. The number of hydrogen-bond donors (Lipinski definition) is 2. The number of carboxylic acids is 1. The van der Waals surface area contributed by atoms with Gasteiger partial charge in [0.05, 0.1) is 5.69 Å². The number of pyridine rings is 1. The molecule has 0 saturated heterocycles. The number of carboxylic acid groups (broad SMARTS) is 1. The number of aryl methyl sites for hydroxylation is 1. The Morgan fingerprint density at radius 1 is 1.25 bits per heavy atom. The van der Waals surface area contributed by atoms with E-state index in [2.05, 4.69) is 4.98 Å². The first-order chi connectivity index (χ1) is 9.58. The molecule has 0 atom stereocenters. The van der Waals surface area contributed by atoms with E-state index in [0.717, 1.165) is 11.1 Å². The summed E-state index contributed by atoms with van der Waals surface area (Å²) in [6, 6.07) is 11.2. The lowest BCUT2D eigenvalue weighted by Crippen LogP contribution is -2.00. The second-order valence-electron chi connectivity index (χ2n) is 4.64. The number of hydrogen-bond acceptors (Lipinski definition) is 3. The molecule has 0 aliphatic rings. The van der Waals surface area contributed by atoms with Crippen molar-refractivity contribution in [1.82, 2.24) is 9.38 Å². The highest BCUT2D eigenvalue weighted by atomic mass is 16.4. The number of fused-ring (bicyclic) bond motifs is 1. The third kappa shape index (κ3) is 1.80. The number of benzene rings is 1. The van der Waals surface area contributed by atoms with Crippen LogP contribution in [-0.2, 0) is 0 Å². The molecule has 3 rings (SSSR count). The van der Waals surface area contributed by atoms with Crippen molar-refractivity contribution in [3.8, 4) is 11.4 Å². The van der Waals surface area contributed by atoms with E-state index in [1.165, 1.54) is 0 Å². The van der Waals surface area contributed by atoms with E-state index in [9.17, 15) is 9.90 Å². The zero-order valence-corrected chi connectivity index (χ0v) is 10.9. The van der Waals surface area contributed by atoms with Crippen molar-refractivity contribution in [3.05, 3.63) is 53.9 Å². The van der Waals surface area contributed by atoms with E-state index < -0.39 is 5.97 Å². The van der Waals surface area contributed by atoms with Crippen LogP contribution in [0.5, 0.6) is 0 Å². The van der Waals surface area contributed by atoms with E-state index in [0.29, 0.717) is 17.0 Å². The molecule has 2 heterocycles. The van der Waals surface area contributed by atoms with Gasteiger partial charge in [0.25, 0.3) is 0 Å². The molecule has 0 radical (unpaired) electrons. The normalized spacial score (nSPS) is 10.8. The number of rotatable bonds is 2. The number of nitrogens with zero attached hydrogens (tertiary/aromatic N) is 2. The molecule has 20 heavy (non-hydrogen) atoms. The maximum Gasteiger partial charge on any atom is 0.356 e. The Balaban J connectivity index is 2.34. The molecule has 5 nitrogen and oxygen atoms in total. The fraction of sp³-hybridized carbons (Fsp3) is 0.0667. The van der Waals surface area contributed by atoms with Crippen LogP contribution in [0.2, 0.25) is 0 Å². The van der Waals surface area contributed by atoms with Crippen LogP contribution < -0.4 is 5.73 Å². The van der Waals surface area contributed by atoms with Crippen molar-refractivity contribution < 1.29 is 9.90 Å². The Labute approximate surface area is 115 Å². The highest BCUT2D eigenvalue weighted by Crippen LogP contribution is 2.26. The maximum absolute atomic E-state index is 11.3. The molecule has 0 spiro atoms. The molecule has 0 fully saturated rings. The van der Waals surface area contributed by atoms with Gasteiger partial charge in [0.15, 0.2) is 5.69 Å². The minimum absolute atomic E-state index is 0.0290. The zero-order chi connectivity index (χ0) is 14.3. The summed E-state index contributed by atoms with van der Waals surface area (Å²) in [5, 5.41) is 9.28. The minimum Gasteiger partial charge on any atom is -0.476 e. The van der Waals surface area contributed by atoms with Crippen LogP contribution >= 0.6 is 0 Å². The van der Waals surface area contributed by atoms with Crippen molar-refractivity contribution in [2.75, 3.05) is 5.73 Å². The minimum atomic E-state index is -1.08. The summed E-state index contributed by atoms with van der Waals surface area (Å²) in [5.41, 5.74) is 8.67. The number of carbonyl (C=O) groups is 1. The van der Waals surface area contributed by atoms with Crippen molar-refractivity contribution >= 4 is 17.2 Å². The molecule has 0 aliphatic heterocycles. The topological polar surface area (TPSA) is 80.6 Å². The average Bonchev–Trinajstić information content (AvgIpc) is 2.81. The van der Waals surface area contributed by atoms with Gasteiger partial charge < -0.3 is 10.8 Å².